The van der Waals surface area contributed by atoms with E-state index in [0.29, 0.717) is 12.2 Å². The summed E-state index contributed by atoms with van der Waals surface area (Å²) >= 11 is 0. The molecule has 0 aliphatic rings. The summed E-state index contributed by atoms with van der Waals surface area (Å²) in [6.07, 6.45) is 2.67. The van der Waals surface area contributed by atoms with Gasteiger partial charge in [0.25, 0.3) is 0 Å². The minimum atomic E-state index is -1.02. The van der Waals surface area contributed by atoms with Crippen LogP contribution in [0.4, 0.5) is 5.69 Å². The van der Waals surface area contributed by atoms with Crippen LogP contribution in [-0.4, -0.2) is 21.0 Å². The van der Waals surface area contributed by atoms with Crippen LogP contribution in [0.3, 0.4) is 0 Å². The first-order valence-corrected chi connectivity index (χ1v) is 6.74. The molecule has 0 fully saturated rings. The number of nitrogens with zero attached hydrogens (tertiary/aromatic N) is 2. The Morgan fingerprint density at radius 3 is 2.48 bits per heavy atom. The van der Waals surface area contributed by atoms with Crippen molar-refractivity contribution < 1.29 is 9.90 Å². The largest absolute Gasteiger partial charge is 0.478 e. The van der Waals surface area contributed by atoms with E-state index in [0.717, 1.165) is 5.69 Å². The van der Waals surface area contributed by atoms with Crippen LogP contribution < -0.4 is 5.32 Å². The van der Waals surface area contributed by atoms with E-state index in [-0.39, 0.29) is 11.0 Å². The highest BCUT2D eigenvalue weighted by atomic mass is 16.4. The van der Waals surface area contributed by atoms with E-state index in [1.165, 1.54) is 18.1 Å². The number of nitrogens with one attached hydrogen (secondary N) is 1. The van der Waals surface area contributed by atoms with Gasteiger partial charge in [-0.15, -0.1) is 0 Å². The molecule has 0 radical (unpaired) electrons. The fourth-order valence-electron chi connectivity index (χ4n) is 1.95. The van der Waals surface area contributed by atoms with Crippen molar-refractivity contribution in [3.8, 4) is 0 Å². The van der Waals surface area contributed by atoms with Crippen molar-refractivity contribution in [2.75, 3.05) is 5.32 Å². The fourth-order valence-corrected chi connectivity index (χ4v) is 1.95. The predicted molar refractivity (Wildman–Crippen MR) is 81.5 cm³/mol. The quantitative estimate of drug-likeness (QED) is 0.903. The lowest BCUT2D eigenvalue weighted by molar-refractivity contribution is 0.0694. The maximum Gasteiger partial charge on any atom is 0.339 e. The van der Waals surface area contributed by atoms with Gasteiger partial charge in [0.15, 0.2) is 0 Å². The molecule has 0 saturated carbocycles. The molecular weight excluding hydrogens is 266 g/mol. The van der Waals surface area contributed by atoms with Crippen molar-refractivity contribution in [1.82, 2.24) is 9.97 Å². The van der Waals surface area contributed by atoms with Crippen LogP contribution in [0.2, 0.25) is 0 Å². The van der Waals surface area contributed by atoms with Gasteiger partial charge < -0.3 is 10.4 Å². The van der Waals surface area contributed by atoms with E-state index >= 15 is 0 Å². The van der Waals surface area contributed by atoms with Crippen LogP contribution in [0.25, 0.3) is 0 Å². The smallest absolute Gasteiger partial charge is 0.339 e. The van der Waals surface area contributed by atoms with Crippen LogP contribution >= 0.6 is 0 Å². The van der Waals surface area contributed by atoms with E-state index in [1.807, 2.05) is 12.1 Å². The van der Waals surface area contributed by atoms with E-state index in [4.69, 9.17) is 5.11 Å². The number of anilines is 1. The van der Waals surface area contributed by atoms with Crippen molar-refractivity contribution in [1.29, 1.82) is 0 Å². The predicted octanol–water partition coefficient (Wildman–Crippen LogP) is 3.08. The summed E-state index contributed by atoms with van der Waals surface area (Å²) in [4.78, 5) is 18.8. The number of benzene rings is 1. The first-order chi connectivity index (χ1) is 9.88. The molecule has 1 aromatic carbocycles. The second-order valence-corrected chi connectivity index (χ2v) is 5.87. The summed E-state index contributed by atoms with van der Waals surface area (Å²) in [6, 6.07) is 8.12. The highest BCUT2D eigenvalue weighted by Crippen LogP contribution is 2.23. The van der Waals surface area contributed by atoms with Gasteiger partial charge >= 0.3 is 5.97 Å². The number of aromatic carboxylic acids is 1. The molecule has 0 unspecified atom stereocenters. The SMILES string of the molecule is CC(C)(C)c1ccc(NCc2ncncc2C(=O)O)cc1. The Labute approximate surface area is 124 Å². The number of aromatic nitrogens is 2. The number of hydrogen-bond acceptors (Lipinski definition) is 4. The minimum absolute atomic E-state index is 0.113. The fraction of sp³-hybridized carbons (Fsp3) is 0.312. The average Bonchev–Trinajstić information content (AvgIpc) is 2.45. The molecule has 2 rings (SSSR count). The van der Waals surface area contributed by atoms with Crippen molar-refractivity contribution >= 4 is 11.7 Å². The van der Waals surface area contributed by atoms with Crippen molar-refractivity contribution in [2.24, 2.45) is 0 Å². The number of carbonyl (C=O) groups is 1. The topological polar surface area (TPSA) is 75.1 Å². The number of hydrogen-bond donors (Lipinski definition) is 2. The normalized spacial score (nSPS) is 11.2. The molecule has 0 aliphatic heterocycles. The van der Waals surface area contributed by atoms with Crippen molar-refractivity contribution in [3.05, 3.63) is 53.6 Å². The van der Waals surface area contributed by atoms with Crippen molar-refractivity contribution in [3.63, 3.8) is 0 Å². The Bertz CT molecular complexity index is 631. The second-order valence-electron chi connectivity index (χ2n) is 5.87. The monoisotopic (exact) mass is 285 g/mol. The number of carboxylic acids is 1. The first kappa shape index (κ1) is 15.0. The molecule has 2 N–H and O–H groups in total. The zero-order chi connectivity index (χ0) is 15.5. The Balaban J connectivity index is 2.09. The zero-order valence-electron chi connectivity index (χ0n) is 12.4. The average molecular weight is 285 g/mol. The molecule has 2 aromatic rings. The molecule has 0 spiro atoms. The molecule has 0 amide bonds. The van der Waals surface area contributed by atoms with E-state index in [1.54, 1.807) is 0 Å². The Morgan fingerprint density at radius 1 is 1.24 bits per heavy atom. The summed E-state index contributed by atoms with van der Waals surface area (Å²) in [5, 5.41) is 12.3. The first-order valence-electron chi connectivity index (χ1n) is 6.74. The van der Waals surface area contributed by atoms with Crippen LogP contribution in [0, 0.1) is 0 Å². The zero-order valence-corrected chi connectivity index (χ0v) is 12.4. The molecule has 1 heterocycles. The maximum atomic E-state index is 11.1. The third-order valence-electron chi connectivity index (χ3n) is 3.24. The van der Waals surface area contributed by atoms with Gasteiger partial charge in [0.05, 0.1) is 12.2 Å². The molecular formula is C16H19N3O2. The summed E-state index contributed by atoms with van der Waals surface area (Å²) < 4.78 is 0. The van der Waals surface area contributed by atoms with Gasteiger partial charge in [0.1, 0.15) is 11.9 Å². The number of rotatable bonds is 4. The van der Waals surface area contributed by atoms with Gasteiger partial charge in [0, 0.05) is 11.9 Å². The molecule has 5 nitrogen and oxygen atoms in total. The molecule has 1 aromatic heterocycles. The van der Waals surface area contributed by atoms with E-state index in [2.05, 4.69) is 48.2 Å². The third kappa shape index (κ3) is 3.78. The Hall–Kier alpha value is -2.43. The Morgan fingerprint density at radius 2 is 1.90 bits per heavy atom. The molecule has 0 saturated heterocycles. The van der Waals surface area contributed by atoms with Gasteiger partial charge in [-0.25, -0.2) is 14.8 Å². The van der Waals surface area contributed by atoms with Gasteiger partial charge in [-0.2, -0.15) is 0 Å². The van der Waals surface area contributed by atoms with Gasteiger partial charge in [-0.1, -0.05) is 32.9 Å². The standard InChI is InChI=1S/C16H19N3O2/c1-16(2,3)11-4-6-12(7-5-11)18-9-14-13(15(20)21)8-17-10-19-14/h4-8,10,18H,9H2,1-3H3,(H,20,21). The van der Waals surface area contributed by atoms with Crippen molar-refractivity contribution in [2.45, 2.75) is 32.7 Å². The minimum Gasteiger partial charge on any atom is -0.478 e. The van der Waals surface area contributed by atoms with Crippen LogP contribution in [0.5, 0.6) is 0 Å². The highest BCUT2D eigenvalue weighted by molar-refractivity contribution is 5.88. The van der Waals surface area contributed by atoms with Gasteiger partial charge in [0.2, 0.25) is 0 Å². The lowest BCUT2D eigenvalue weighted by atomic mass is 9.87. The highest BCUT2D eigenvalue weighted by Gasteiger charge is 2.13. The van der Waals surface area contributed by atoms with Crippen LogP contribution in [-0.2, 0) is 12.0 Å². The lowest BCUT2D eigenvalue weighted by Crippen LogP contribution is -2.12. The molecule has 0 bridgehead atoms. The van der Waals surface area contributed by atoms with Gasteiger partial charge in [-0.05, 0) is 23.1 Å². The third-order valence-corrected chi connectivity index (χ3v) is 3.24. The molecule has 21 heavy (non-hydrogen) atoms. The summed E-state index contributed by atoms with van der Waals surface area (Å²) in [5.41, 5.74) is 2.88. The second kappa shape index (κ2) is 5.91. The van der Waals surface area contributed by atoms with E-state index < -0.39 is 5.97 Å². The summed E-state index contributed by atoms with van der Waals surface area (Å²) in [7, 11) is 0. The maximum absolute atomic E-state index is 11.1. The van der Waals surface area contributed by atoms with Gasteiger partial charge in [-0.3, -0.25) is 0 Å². The molecule has 0 atom stereocenters. The van der Waals surface area contributed by atoms with E-state index in [9.17, 15) is 4.79 Å². The molecule has 5 heteroatoms. The van der Waals surface area contributed by atoms with Crippen LogP contribution in [0.1, 0.15) is 42.4 Å². The summed E-state index contributed by atoms with van der Waals surface area (Å²) in [6.45, 7) is 6.83. The van der Waals surface area contributed by atoms with Crippen LogP contribution in [0.15, 0.2) is 36.8 Å². The molecule has 110 valence electrons. The number of carboxylic acid groups (broad SMARTS) is 1. The molecule has 0 aliphatic carbocycles. The summed E-state index contributed by atoms with van der Waals surface area (Å²) in [5.74, 6) is -1.02. The Kier molecular flexibility index (Phi) is 4.21. The lowest BCUT2D eigenvalue weighted by Gasteiger charge is -2.19.